The van der Waals surface area contributed by atoms with Crippen LogP contribution in [0.2, 0.25) is 10.0 Å². The Kier molecular flexibility index (Phi) is 4.13. The Hall–Kier alpha value is -1.25. The summed E-state index contributed by atoms with van der Waals surface area (Å²) < 4.78 is 0.991. The molecule has 0 aliphatic carbocycles. The molecule has 0 spiro atoms. The first kappa shape index (κ1) is 13.7. The van der Waals surface area contributed by atoms with Crippen LogP contribution in [0.15, 0.2) is 53.5 Å². The number of aromatic nitrogens is 1. The SMILES string of the molecule is Clc1ccc(Nc2nc(-c3ccc(Cl)cc3)c[se]2)cc1. The number of rotatable bonds is 3. The van der Waals surface area contributed by atoms with Gasteiger partial charge < -0.3 is 0 Å². The topological polar surface area (TPSA) is 24.9 Å². The quantitative estimate of drug-likeness (QED) is 0.669. The van der Waals surface area contributed by atoms with Gasteiger partial charge in [0.25, 0.3) is 0 Å². The Morgan fingerprint density at radius 3 is 2.10 bits per heavy atom. The molecule has 0 aliphatic heterocycles. The molecule has 0 fully saturated rings. The van der Waals surface area contributed by atoms with Gasteiger partial charge in [-0.05, 0) is 0 Å². The summed E-state index contributed by atoms with van der Waals surface area (Å²) in [6, 6.07) is 15.3. The molecule has 100 valence electrons. The zero-order valence-corrected chi connectivity index (χ0v) is 13.5. The summed E-state index contributed by atoms with van der Waals surface area (Å²) >= 11 is 12.0. The van der Waals surface area contributed by atoms with Crippen molar-refractivity contribution in [2.75, 3.05) is 5.32 Å². The van der Waals surface area contributed by atoms with Crippen LogP contribution in [-0.2, 0) is 0 Å². The second kappa shape index (κ2) is 6.02. The van der Waals surface area contributed by atoms with E-state index in [1.165, 1.54) is 0 Å². The monoisotopic (exact) mass is 368 g/mol. The van der Waals surface area contributed by atoms with Gasteiger partial charge in [0.05, 0.1) is 0 Å². The molecule has 0 bridgehead atoms. The number of nitrogens with zero attached hydrogens (tertiary/aromatic N) is 1. The van der Waals surface area contributed by atoms with Crippen molar-refractivity contribution in [1.29, 1.82) is 0 Å². The van der Waals surface area contributed by atoms with Crippen molar-refractivity contribution in [3.05, 3.63) is 63.5 Å². The molecule has 3 aromatic rings. The molecule has 0 amide bonds. The van der Waals surface area contributed by atoms with Crippen LogP contribution in [0.5, 0.6) is 0 Å². The van der Waals surface area contributed by atoms with Crippen molar-refractivity contribution in [1.82, 2.24) is 4.98 Å². The maximum atomic E-state index is 5.89. The van der Waals surface area contributed by atoms with Gasteiger partial charge in [0.2, 0.25) is 0 Å². The van der Waals surface area contributed by atoms with Crippen molar-refractivity contribution in [2.45, 2.75) is 0 Å². The Bertz CT molecular complexity index is 705. The molecule has 0 unspecified atom stereocenters. The van der Waals surface area contributed by atoms with E-state index in [4.69, 9.17) is 23.2 Å². The molecule has 20 heavy (non-hydrogen) atoms. The molecule has 0 saturated heterocycles. The third-order valence-electron chi connectivity index (χ3n) is 2.74. The zero-order valence-electron chi connectivity index (χ0n) is 10.3. The zero-order chi connectivity index (χ0) is 13.9. The molecule has 3 rings (SSSR count). The first-order valence-corrected chi connectivity index (χ1v) is 8.55. The number of hydrogen-bond acceptors (Lipinski definition) is 2. The number of halogens is 2. The van der Waals surface area contributed by atoms with Gasteiger partial charge in [-0.1, -0.05) is 0 Å². The van der Waals surface area contributed by atoms with Crippen LogP contribution in [0.3, 0.4) is 0 Å². The molecule has 0 radical (unpaired) electrons. The van der Waals surface area contributed by atoms with Crippen molar-refractivity contribution in [3.8, 4) is 11.3 Å². The number of benzene rings is 2. The average molecular weight is 368 g/mol. The van der Waals surface area contributed by atoms with Crippen molar-refractivity contribution in [2.24, 2.45) is 0 Å². The maximum absolute atomic E-state index is 5.89. The van der Waals surface area contributed by atoms with Crippen LogP contribution in [0.25, 0.3) is 11.3 Å². The molecule has 2 nitrogen and oxygen atoms in total. The molecule has 2 aromatic carbocycles. The Morgan fingerprint density at radius 1 is 0.850 bits per heavy atom. The van der Waals surface area contributed by atoms with E-state index in [9.17, 15) is 0 Å². The second-order valence-corrected chi connectivity index (χ2v) is 6.85. The summed E-state index contributed by atoms with van der Waals surface area (Å²) in [5.41, 5.74) is 3.09. The van der Waals surface area contributed by atoms with Gasteiger partial charge in [0.1, 0.15) is 0 Å². The standard InChI is InChI=1S/C15H10Cl2N2Se/c16-11-3-1-10(2-4-11)14-9-20-15(19-14)18-13-7-5-12(17)6-8-13/h1-9H,(H,18,19). The van der Waals surface area contributed by atoms with Gasteiger partial charge in [0, 0.05) is 0 Å². The van der Waals surface area contributed by atoms with Gasteiger partial charge in [-0.15, -0.1) is 0 Å². The number of nitrogens with one attached hydrogen (secondary N) is 1. The number of hydrogen-bond donors (Lipinski definition) is 1. The fourth-order valence-corrected chi connectivity index (χ4v) is 3.55. The summed E-state index contributed by atoms with van der Waals surface area (Å²) in [6.07, 6.45) is 0. The van der Waals surface area contributed by atoms with Gasteiger partial charge >= 0.3 is 133 Å². The van der Waals surface area contributed by atoms with E-state index in [0.29, 0.717) is 0 Å². The van der Waals surface area contributed by atoms with Gasteiger partial charge in [-0.3, -0.25) is 0 Å². The van der Waals surface area contributed by atoms with Gasteiger partial charge in [-0.25, -0.2) is 0 Å². The van der Waals surface area contributed by atoms with E-state index in [-0.39, 0.29) is 14.5 Å². The third kappa shape index (κ3) is 3.25. The number of anilines is 2. The van der Waals surface area contributed by atoms with Crippen LogP contribution in [0, 0.1) is 0 Å². The van der Waals surface area contributed by atoms with E-state index < -0.39 is 0 Å². The Balaban J connectivity index is 1.80. The van der Waals surface area contributed by atoms with Crippen LogP contribution in [-0.4, -0.2) is 19.5 Å². The van der Waals surface area contributed by atoms with E-state index in [1.54, 1.807) is 0 Å². The fraction of sp³-hybridized carbons (Fsp3) is 0. The predicted molar refractivity (Wildman–Crippen MR) is 86.4 cm³/mol. The van der Waals surface area contributed by atoms with Crippen LogP contribution in [0.1, 0.15) is 0 Å². The van der Waals surface area contributed by atoms with Gasteiger partial charge in [0.15, 0.2) is 0 Å². The molecule has 0 aliphatic rings. The molecule has 5 heteroatoms. The summed E-state index contributed by atoms with van der Waals surface area (Å²) in [6.45, 7) is 0. The Labute approximate surface area is 133 Å². The summed E-state index contributed by atoms with van der Waals surface area (Å²) in [4.78, 5) is 6.79. The average Bonchev–Trinajstić information content (AvgIpc) is 2.91. The van der Waals surface area contributed by atoms with E-state index >= 15 is 0 Å². The van der Waals surface area contributed by atoms with Crippen molar-refractivity contribution in [3.63, 3.8) is 0 Å². The first-order chi connectivity index (χ1) is 9.70. The van der Waals surface area contributed by atoms with Crippen molar-refractivity contribution < 1.29 is 0 Å². The Morgan fingerprint density at radius 2 is 1.45 bits per heavy atom. The van der Waals surface area contributed by atoms with Gasteiger partial charge in [-0.2, -0.15) is 0 Å². The minimum absolute atomic E-state index is 0.217. The summed E-state index contributed by atoms with van der Waals surface area (Å²) in [5, 5.41) is 4.79. The second-order valence-electron chi connectivity index (χ2n) is 4.18. The molecular formula is C15H10Cl2N2Se. The summed E-state index contributed by atoms with van der Waals surface area (Å²) in [7, 11) is 0. The minimum atomic E-state index is 0.217. The fourth-order valence-electron chi connectivity index (χ4n) is 1.74. The van der Waals surface area contributed by atoms with E-state index in [1.807, 2.05) is 48.5 Å². The third-order valence-corrected chi connectivity index (χ3v) is 4.83. The molecule has 1 heterocycles. The van der Waals surface area contributed by atoms with Crippen LogP contribution < -0.4 is 5.32 Å². The van der Waals surface area contributed by atoms with Crippen LogP contribution in [0.4, 0.5) is 10.4 Å². The predicted octanol–water partition coefficient (Wildman–Crippen LogP) is 4.86. The molecule has 0 saturated carbocycles. The summed E-state index contributed by atoms with van der Waals surface area (Å²) in [5.74, 6) is 0. The molecule has 0 atom stereocenters. The van der Waals surface area contributed by atoms with Crippen LogP contribution >= 0.6 is 23.2 Å². The van der Waals surface area contributed by atoms with E-state index in [0.717, 1.165) is 31.7 Å². The molecule has 1 N–H and O–H groups in total. The van der Waals surface area contributed by atoms with E-state index in [2.05, 4.69) is 15.2 Å². The normalized spacial score (nSPS) is 10.5. The first-order valence-electron chi connectivity index (χ1n) is 5.95. The van der Waals surface area contributed by atoms with Crippen molar-refractivity contribution >= 4 is 48.1 Å². The molecule has 1 aromatic heterocycles. The molecular weight excluding hydrogens is 358 g/mol.